The maximum atomic E-state index is 8.75. The van der Waals surface area contributed by atoms with Crippen LogP contribution in [-0.4, -0.2) is 15.0 Å². The van der Waals surface area contributed by atoms with Gasteiger partial charge in [0.25, 0.3) is 0 Å². The van der Waals surface area contributed by atoms with Crippen molar-refractivity contribution in [3.05, 3.63) is 47.9 Å². The van der Waals surface area contributed by atoms with E-state index in [4.69, 9.17) is 26.1 Å². The van der Waals surface area contributed by atoms with Crippen molar-refractivity contribution in [1.29, 1.82) is 5.26 Å². The molecule has 0 saturated heterocycles. The lowest BCUT2D eigenvalue weighted by atomic mass is 10.2. The summed E-state index contributed by atoms with van der Waals surface area (Å²) >= 11 is 8.10. The fourth-order valence-electron chi connectivity index (χ4n) is 1.52. The first kappa shape index (κ1) is 14.2. The standard InChI is InChI=1S/C13H10ClIN2O2/c14-7-11(15)13(12-5-6-17-19-12)18-10-3-1-9(8-16)2-4-10/h1-6,11,13H,7H2. The number of aromatic nitrogens is 1. The van der Waals surface area contributed by atoms with Crippen LogP contribution in [0.25, 0.3) is 0 Å². The molecule has 6 heteroatoms. The molecule has 2 aromatic rings. The molecule has 1 aromatic heterocycles. The molecule has 0 fully saturated rings. The van der Waals surface area contributed by atoms with Crippen LogP contribution in [0.1, 0.15) is 17.4 Å². The molecule has 2 rings (SSSR count). The first-order valence-corrected chi connectivity index (χ1v) is 7.30. The van der Waals surface area contributed by atoms with Crippen molar-refractivity contribution in [1.82, 2.24) is 5.16 Å². The minimum Gasteiger partial charge on any atom is -0.481 e. The fraction of sp³-hybridized carbons (Fsp3) is 0.231. The minimum absolute atomic E-state index is 0.0443. The molecular formula is C13H10ClIN2O2. The lowest BCUT2D eigenvalue weighted by Gasteiger charge is -2.20. The van der Waals surface area contributed by atoms with Crippen molar-refractivity contribution in [2.75, 3.05) is 5.88 Å². The van der Waals surface area contributed by atoms with Gasteiger partial charge in [-0.1, -0.05) is 27.7 Å². The maximum Gasteiger partial charge on any atom is 0.178 e. The minimum atomic E-state index is -0.312. The van der Waals surface area contributed by atoms with Gasteiger partial charge >= 0.3 is 0 Å². The fourth-order valence-corrected chi connectivity index (χ4v) is 2.18. The Morgan fingerprint density at radius 3 is 2.63 bits per heavy atom. The average Bonchev–Trinajstić information content (AvgIpc) is 2.98. The highest BCUT2D eigenvalue weighted by molar-refractivity contribution is 14.1. The van der Waals surface area contributed by atoms with Gasteiger partial charge in [-0.2, -0.15) is 5.26 Å². The number of nitrogens with zero attached hydrogens (tertiary/aromatic N) is 2. The molecule has 1 aromatic carbocycles. The van der Waals surface area contributed by atoms with Crippen LogP contribution in [0.3, 0.4) is 0 Å². The normalized spacial score (nSPS) is 13.5. The Labute approximate surface area is 129 Å². The maximum absolute atomic E-state index is 8.75. The van der Waals surface area contributed by atoms with Crippen molar-refractivity contribution >= 4 is 34.2 Å². The van der Waals surface area contributed by atoms with E-state index >= 15 is 0 Å². The second kappa shape index (κ2) is 6.78. The molecule has 0 saturated carbocycles. The van der Waals surface area contributed by atoms with Crippen LogP contribution in [0.4, 0.5) is 0 Å². The van der Waals surface area contributed by atoms with E-state index in [9.17, 15) is 0 Å². The highest BCUT2D eigenvalue weighted by Gasteiger charge is 2.25. The molecule has 19 heavy (non-hydrogen) atoms. The predicted molar refractivity (Wildman–Crippen MR) is 79.6 cm³/mol. The number of halogens is 2. The molecule has 0 aliphatic carbocycles. The van der Waals surface area contributed by atoms with E-state index in [2.05, 4.69) is 33.8 Å². The smallest absolute Gasteiger partial charge is 0.178 e. The molecule has 1 heterocycles. The van der Waals surface area contributed by atoms with Gasteiger partial charge in [-0.25, -0.2) is 0 Å². The highest BCUT2D eigenvalue weighted by Crippen LogP contribution is 2.29. The van der Waals surface area contributed by atoms with E-state index in [0.717, 1.165) is 0 Å². The van der Waals surface area contributed by atoms with Crippen LogP contribution in [0, 0.1) is 11.3 Å². The molecule has 4 nitrogen and oxygen atoms in total. The zero-order valence-electron chi connectivity index (χ0n) is 9.79. The van der Waals surface area contributed by atoms with Gasteiger partial charge in [0.2, 0.25) is 0 Å². The molecule has 0 radical (unpaired) electrons. The van der Waals surface area contributed by atoms with E-state index in [0.29, 0.717) is 23.0 Å². The summed E-state index contributed by atoms with van der Waals surface area (Å²) in [6, 6.07) is 10.7. The Morgan fingerprint density at radius 1 is 1.37 bits per heavy atom. The van der Waals surface area contributed by atoms with Crippen molar-refractivity contribution < 1.29 is 9.26 Å². The summed E-state index contributed by atoms with van der Waals surface area (Å²) in [5.41, 5.74) is 0.590. The Hall–Kier alpha value is -1.26. The van der Waals surface area contributed by atoms with Gasteiger partial charge in [0.15, 0.2) is 11.9 Å². The van der Waals surface area contributed by atoms with Crippen LogP contribution in [0.5, 0.6) is 5.75 Å². The van der Waals surface area contributed by atoms with E-state index in [-0.39, 0.29) is 10.0 Å². The van der Waals surface area contributed by atoms with Crippen LogP contribution in [0.15, 0.2) is 41.1 Å². The summed E-state index contributed by atoms with van der Waals surface area (Å²) < 4.78 is 11.1. The molecule has 0 spiro atoms. The molecule has 98 valence electrons. The molecule has 2 unspecified atom stereocenters. The number of rotatable bonds is 5. The number of hydrogen-bond acceptors (Lipinski definition) is 4. The zero-order chi connectivity index (χ0) is 13.7. The number of nitriles is 1. The quantitative estimate of drug-likeness (QED) is 0.579. The third-order valence-corrected chi connectivity index (χ3v) is 4.41. The number of hydrogen-bond donors (Lipinski definition) is 0. The van der Waals surface area contributed by atoms with Gasteiger partial charge in [0.05, 0.1) is 21.8 Å². The lowest BCUT2D eigenvalue weighted by molar-refractivity contribution is 0.170. The molecular weight excluding hydrogens is 379 g/mol. The van der Waals surface area contributed by atoms with Gasteiger partial charge in [-0.05, 0) is 24.3 Å². The van der Waals surface area contributed by atoms with Gasteiger partial charge in [-0.3, -0.25) is 0 Å². The van der Waals surface area contributed by atoms with Crippen molar-refractivity contribution in [2.45, 2.75) is 10.0 Å². The van der Waals surface area contributed by atoms with Crippen LogP contribution >= 0.6 is 34.2 Å². The van der Waals surface area contributed by atoms with E-state index < -0.39 is 0 Å². The Balaban J connectivity index is 2.18. The number of ether oxygens (including phenoxy) is 1. The van der Waals surface area contributed by atoms with Crippen molar-refractivity contribution in [3.8, 4) is 11.8 Å². The second-order valence-electron chi connectivity index (χ2n) is 3.76. The Bertz CT molecular complexity index is 551. The molecule has 0 N–H and O–H groups in total. The summed E-state index contributed by atoms with van der Waals surface area (Å²) in [6.45, 7) is 0. The first-order chi connectivity index (χ1) is 9.24. The molecule has 0 aliphatic heterocycles. The van der Waals surface area contributed by atoms with Gasteiger partial charge in [-0.15, -0.1) is 11.6 Å². The number of alkyl halides is 2. The van der Waals surface area contributed by atoms with Crippen molar-refractivity contribution in [2.24, 2.45) is 0 Å². The predicted octanol–water partition coefficient (Wildman–Crippen LogP) is 3.71. The van der Waals surface area contributed by atoms with Gasteiger partial charge in [0, 0.05) is 11.9 Å². The zero-order valence-corrected chi connectivity index (χ0v) is 12.7. The van der Waals surface area contributed by atoms with E-state index in [1.54, 1.807) is 36.5 Å². The molecule has 0 aliphatic rings. The van der Waals surface area contributed by atoms with Gasteiger partial charge < -0.3 is 9.26 Å². The summed E-state index contributed by atoms with van der Waals surface area (Å²) in [4.78, 5) is 0. The Kier molecular flexibility index (Phi) is 5.05. The summed E-state index contributed by atoms with van der Waals surface area (Å²) in [5, 5.41) is 12.4. The van der Waals surface area contributed by atoms with E-state index in [1.807, 2.05) is 0 Å². The SMILES string of the molecule is N#Cc1ccc(OC(c2ccno2)C(I)CCl)cc1. The summed E-state index contributed by atoms with van der Waals surface area (Å²) in [5.74, 6) is 1.72. The molecule has 0 bridgehead atoms. The highest BCUT2D eigenvalue weighted by atomic mass is 127. The number of benzene rings is 1. The third-order valence-electron chi connectivity index (χ3n) is 2.46. The van der Waals surface area contributed by atoms with Crippen molar-refractivity contribution in [3.63, 3.8) is 0 Å². The first-order valence-electron chi connectivity index (χ1n) is 5.52. The monoisotopic (exact) mass is 388 g/mol. The van der Waals surface area contributed by atoms with Crippen LogP contribution < -0.4 is 4.74 Å². The third kappa shape index (κ3) is 3.61. The van der Waals surface area contributed by atoms with E-state index in [1.165, 1.54) is 0 Å². The summed E-state index contributed by atoms with van der Waals surface area (Å²) in [7, 11) is 0. The van der Waals surface area contributed by atoms with Crippen LogP contribution in [0.2, 0.25) is 0 Å². The van der Waals surface area contributed by atoms with Gasteiger partial charge in [0.1, 0.15) is 5.75 Å². The lowest BCUT2D eigenvalue weighted by Crippen LogP contribution is -2.19. The molecule has 0 amide bonds. The topological polar surface area (TPSA) is 59.0 Å². The molecule has 2 atom stereocenters. The van der Waals surface area contributed by atoms with Crippen LogP contribution in [-0.2, 0) is 0 Å². The largest absolute Gasteiger partial charge is 0.481 e. The average molecular weight is 389 g/mol. The second-order valence-corrected chi connectivity index (χ2v) is 5.67. The Morgan fingerprint density at radius 2 is 2.11 bits per heavy atom. The summed E-state index contributed by atoms with van der Waals surface area (Å²) in [6.07, 6.45) is 1.26.